The molecule has 0 aliphatic heterocycles. The Labute approximate surface area is 127 Å². The van der Waals surface area contributed by atoms with Crippen LogP contribution in [0.2, 0.25) is 0 Å². The highest BCUT2D eigenvalue weighted by molar-refractivity contribution is 7.64. The molecule has 0 atom stereocenters. The number of nitroso groups, excluding NO2 is 1. The quantitative estimate of drug-likeness (QED) is 0.220. The molecule has 0 saturated carbocycles. The van der Waals surface area contributed by atoms with Crippen LogP contribution in [-0.2, 0) is 0 Å². The van der Waals surface area contributed by atoms with Gasteiger partial charge < -0.3 is 0 Å². The first kappa shape index (κ1) is 12.4. The first-order valence-electron chi connectivity index (χ1n) is 6.27. The molecule has 0 amide bonds. The van der Waals surface area contributed by atoms with Gasteiger partial charge in [-0.05, 0) is 57.1 Å². The van der Waals surface area contributed by atoms with Crippen LogP contribution in [-0.4, -0.2) is 8.75 Å². The van der Waals surface area contributed by atoms with Crippen molar-refractivity contribution in [1.29, 1.82) is 0 Å². The summed E-state index contributed by atoms with van der Waals surface area (Å²) in [4.78, 5) is 10.6. The molecule has 0 saturated heterocycles. The summed E-state index contributed by atoms with van der Waals surface area (Å²) in [5, 5.41) is 7.33. The van der Waals surface area contributed by atoms with Gasteiger partial charge >= 0.3 is 21.1 Å². The van der Waals surface area contributed by atoms with Crippen molar-refractivity contribution < 1.29 is 0 Å². The minimum absolute atomic E-state index is 0.451. The standard InChI is InChI=1S/C15H8N3OS2/c19-16-14-4-3-10-5-12-7-11(15-17-20-21-18-15)2-1-9(12)6-13(10)8-14/h1-8H/q+1. The molecule has 0 radical (unpaired) electrons. The summed E-state index contributed by atoms with van der Waals surface area (Å²) in [7, 11) is 2.77. The largest absolute Gasteiger partial charge is 0.462 e. The normalized spacial score (nSPS) is 11.0. The lowest BCUT2D eigenvalue weighted by molar-refractivity contribution is 1.39. The number of benzene rings is 3. The maximum absolute atomic E-state index is 10.6. The van der Waals surface area contributed by atoms with Crippen molar-refractivity contribution in [3.05, 3.63) is 53.4 Å². The third-order valence-electron chi connectivity index (χ3n) is 3.42. The Kier molecular flexibility index (Phi) is 2.90. The molecular weight excluding hydrogens is 302 g/mol. The first-order chi connectivity index (χ1) is 10.3. The van der Waals surface area contributed by atoms with Crippen molar-refractivity contribution in [2.24, 2.45) is 5.18 Å². The van der Waals surface area contributed by atoms with Gasteiger partial charge in [0.1, 0.15) is 5.69 Å². The predicted molar refractivity (Wildman–Crippen MR) is 88.1 cm³/mol. The second-order valence-corrected chi connectivity index (χ2v) is 6.25. The van der Waals surface area contributed by atoms with Crippen molar-refractivity contribution in [2.45, 2.75) is 0 Å². The van der Waals surface area contributed by atoms with Crippen LogP contribution in [0.15, 0.2) is 53.7 Å². The Morgan fingerprint density at radius 2 is 1.67 bits per heavy atom. The third kappa shape index (κ3) is 2.18. The fourth-order valence-corrected chi connectivity index (χ4v) is 3.58. The van der Waals surface area contributed by atoms with Gasteiger partial charge in [0, 0.05) is 5.56 Å². The Hall–Kier alpha value is -2.31. The number of hydrogen-bond acceptors (Lipinski definition) is 5. The van der Waals surface area contributed by atoms with Crippen molar-refractivity contribution in [3.8, 4) is 11.4 Å². The lowest BCUT2D eigenvalue weighted by Crippen LogP contribution is -1.81. The topological polar surface area (TPSA) is 55.2 Å². The Morgan fingerprint density at radius 3 is 2.38 bits per heavy atom. The SMILES string of the molecule is O=Nc1ccc2cc3cc(-c4ns[s+]n4)ccc3cc2c1. The zero-order valence-electron chi connectivity index (χ0n) is 10.7. The van der Waals surface area contributed by atoms with Crippen LogP contribution in [0, 0.1) is 4.91 Å². The van der Waals surface area contributed by atoms with E-state index in [1.165, 1.54) is 21.1 Å². The Balaban J connectivity index is 1.95. The smallest absolute Gasteiger partial charge is 0.145 e. The monoisotopic (exact) mass is 310 g/mol. The molecule has 0 aliphatic rings. The summed E-state index contributed by atoms with van der Waals surface area (Å²) in [5.74, 6) is 0.771. The van der Waals surface area contributed by atoms with E-state index in [1.54, 1.807) is 12.1 Å². The molecule has 21 heavy (non-hydrogen) atoms. The van der Waals surface area contributed by atoms with Gasteiger partial charge in [0.05, 0.1) is 4.37 Å². The maximum Gasteiger partial charge on any atom is 0.462 e. The fourth-order valence-electron chi connectivity index (χ4n) is 2.41. The van der Waals surface area contributed by atoms with Gasteiger partial charge in [0.15, 0.2) is 0 Å². The zero-order valence-corrected chi connectivity index (χ0v) is 12.3. The van der Waals surface area contributed by atoms with Crippen molar-refractivity contribution >= 4 is 48.3 Å². The molecule has 0 unspecified atom stereocenters. The highest BCUT2D eigenvalue weighted by Gasteiger charge is 2.10. The summed E-state index contributed by atoms with van der Waals surface area (Å²) < 4.78 is 8.56. The molecular formula is C15H8N3OS2+. The average Bonchev–Trinajstić information content (AvgIpc) is 3.06. The molecule has 3 aromatic carbocycles. The van der Waals surface area contributed by atoms with E-state index in [1.807, 2.05) is 12.1 Å². The number of rotatable bonds is 2. The van der Waals surface area contributed by atoms with Crippen LogP contribution in [0.5, 0.6) is 0 Å². The lowest BCUT2D eigenvalue weighted by Gasteiger charge is -2.04. The molecule has 100 valence electrons. The second-order valence-electron chi connectivity index (χ2n) is 4.69. The van der Waals surface area contributed by atoms with Gasteiger partial charge in [0.25, 0.3) is 0 Å². The zero-order chi connectivity index (χ0) is 14.2. The molecule has 6 heteroatoms. The summed E-state index contributed by atoms with van der Waals surface area (Å²) in [6, 6.07) is 15.8. The van der Waals surface area contributed by atoms with E-state index in [2.05, 4.69) is 38.2 Å². The van der Waals surface area contributed by atoms with Gasteiger partial charge in [0.2, 0.25) is 5.82 Å². The highest BCUT2D eigenvalue weighted by Crippen LogP contribution is 2.29. The molecule has 4 rings (SSSR count). The number of hydrogen-bond donors (Lipinski definition) is 0. The Bertz CT molecular complexity index is 967. The van der Waals surface area contributed by atoms with E-state index in [4.69, 9.17) is 0 Å². The van der Waals surface area contributed by atoms with E-state index >= 15 is 0 Å². The number of nitrogens with zero attached hydrogens (tertiary/aromatic N) is 3. The maximum atomic E-state index is 10.6. The molecule has 1 heterocycles. The van der Waals surface area contributed by atoms with E-state index in [-0.39, 0.29) is 0 Å². The fraction of sp³-hybridized carbons (Fsp3) is 0. The summed E-state index contributed by atoms with van der Waals surface area (Å²) in [5.41, 5.74) is 1.47. The van der Waals surface area contributed by atoms with Crippen molar-refractivity contribution in [1.82, 2.24) is 8.75 Å². The molecule has 0 spiro atoms. The second kappa shape index (κ2) is 4.91. The van der Waals surface area contributed by atoms with E-state index in [9.17, 15) is 4.91 Å². The van der Waals surface area contributed by atoms with Gasteiger partial charge in [-0.25, -0.2) is 0 Å². The predicted octanol–water partition coefficient (Wildman–Crippen LogP) is 5.25. The van der Waals surface area contributed by atoms with Crippen molar-refractivity contribution in [3.63, 3.8) is 0 Å². The lowest BCUT2D eigenvalue weighted by atomic mass is 10.0. The average molecular weight is 310 g/mol. The summed E-state index contributed by atoms with van der Waals surface area (Å²) in [6.07, 6.45) is 0. The summed E-state index contributed by atoms with van der Waals surface area (Å²) in [6.45, 7) is 0. The highest BCUT2D eigenvalue weighted by atomic mass is 32.9. The molecule has 0 aliphatic carbocycles. The van der Waals surface area contributed by atoms with Crippen LogP contribution in [0.25, 0.3) is 32.9 Å². The Morgan fingerprint density at radius 1 is 0.905 bits per heavy atom. The van der Waals surface area contributed by atoms with Crippen LogP contribution < -0.4 is 0 Å². The minimum Gasteiger partial charge on any atom is -0.145 e. The summed E-state index contributed by atoms with van der Waals surface area (Å²) >= 11 is 0. The van der Waals surface area contributed by atoms with E-state index < -0.39 is 0 Å². The van der Waals surface area contributed by atoms with E-state index in [0.717, 1.165) is 32.9 Å². The molecule has 4 aromatic rings. The van der Waals surface area contributed by atoms with Gasteiger partial charge in [-0.1, -0.05) is 18.2 Å². The van der Waals surface area contributed by atoms with Crippen LogP contribution in [0.4, 0.5) is 5.69 Å². The van der Waals surface area contributed by atoms with Gasteiger partial charge in [-0.2, -0.15) is 0 Å². The van der Waals surface area contributed by atoms with Gasteiger partial charge in [-0.15, -0.1) is 9.28 Å². The van der Waals surface area contributed by atoms with Crippen LogP contribution in [0.1, 0.15) is 0 Å². The van der Waals surface area contributed by atoms with Crippen molar-refractivity contribution in [2.75, 3.05) is 0 Å². The van der Waals surface area contributed by atoms with Crippen LogP contribution in [0.3, 0.4) is 0 Å². The third-order valence-corrected chi connectivity index (χ3v) is 4.63. The number of fused-ring (bicyclic) bond motifs is 2. The molecule has 4 nitrogen and oxygen atoms in total. The molecule has 0 fully saturated rings. The van der Waals surface area contributed by atoms with Crippen LogP contribution >= 0.6 is 21.1 Å². The van der Waals surface area contributed by atoms with E-state index in [0.29, 0.717) is 5.69 Å². The molecule has 0 N–H and O–H groups in total. The molecule has 0 bridgehead atoms. The minimum atomic E-state index is 0.451. The van der Waals surface area contributed by atoms with Gasteiger partial charge in [-0.3, -0.25) is 0 Å². The first-order valence-corrected chi connectivity index (χ1v) is 8.33. The number of aromatic nitrogens is 2. The molecule has 1 aromatic heterocycles.